The third-order valence-corrected chi connectivity index (χ3v) is 9.05. The van der Waals surface area contributed by atoms with Gasteiger partial charge < -0.3 is 57.5 Å². The number of methoxy groups -OCH3 is 1. The van der Waals surface area contributed by atoms with Crippen LogP contribution in [0.1, 0.15) is 80.8 Å². The van der Waals surface area contributed by atoms with Gasteiger partial charge in [-0.15, -0.1) is 0 Å². The Morgan fingerprint density at radius 1 is 0.905 bits per heavy atom. The maximum atomic E-state index is 13.2. The van der Waals surface area contributed by atoms with E-state index < -0.39 is 65.2 Å². The smallest absolute Gasteiger partial charge is 0.408 e. The molecule has 336 valence electrons. The fourth-order valence-corrected chi connectivity index (χ4v) is 5.85. The SMILES string of the molecule is COC(=O)[C@H](CCCNC(=O)c1ccc(NC(=O)[C@H](C)NC(=O)[C@@H](NC(=O)OC(C)(C)C)C(C)C)cc1O)NC(=O)c1ccc(N(C=O)Cc2cnc3nc(N)nc(N)c3n2)cc1. The summed E-state index contributed by atoms with van der Waals surface area (Å²) < 4.78 is 10.1. The number of phenols is 1. The molecular weight excluding hydrogens is 821 g/mol. The number of hydrogen-bond donors (Lipinski definition) is 8. The van der Waals surface area contributed by atoms with Crippen LogP contribution >= 0.6 is 0 Å². The van der Waals surface area contributed by atoms with E-state index in [-0.39, 0.29) is 71.6 Å². The van der Waals surface area contributed by atoms with E-state index in [0.29, 0.717) is 17.8 Å². The van der Waals surface area contributed by atoms with Gasteiger partial charge in [0.15, 0.2) is 17.0 Å². The molecule has 3 atom stereocenters. The lowest BCUT2D eigenvalue weighted by atomic mass is 10.0. The van der Waals surface area contributed by atoms with Gasteiger partial charge in [0.2, 0.25) is 24.2 Å². The van der Waals surface area contributed by atoms with Crippen molar-refractivity contribution in [2.24, 2.45) is 5.92 Å². The Morgan fingerprint density at radius 2 is 1.60 bits per heavy atom. The number of nitrogen functional groups attached to an aromatic ring is 2. The van der Waals surface area contributed by atoms with Crippen LogP contribution in [0.2, 0.25) is 0 Å². The number of esters is 1. The molecule has 0 aliphatic rings. The van der Waals surface area contributed by atoms with E-state index in [2.05, 4.69) is 46.5 Å². The second-order valence-electron chi connectivity index (χ2n) is 15.5. The number of nitrogens with one attached hydrogen (secondary N) is 5. The quantitative estimate of drug-likeness (QED) is 0.0402. The molecule has 0 saturated heterocycles. The number of nitrogens with zero attached hydrogens (tertiary/aromatic N) is 5. The number of benzene rings is 2. The summed E-state index contributed by atoms with van der Waals surface area (Å²) in [5, 5.41) is 23.5. The van der Waals surface area contributed by atoms with Gasteiger partial charge in [-0.1, -0.05) is 13.8 Å². The molecule has 22 nitrogen and oxygen atoms in total. The number of ether oxygens (including phenoxy) is 2. The van der Waals surface area contributed by atoms with Crippen LogP contribution < -0.4 is 43.0 Å². The number of fused-ring (bicyclic) bond motifs is 1. The standard InChI is InChI=1S/C41H52N12O10/c1-21(2)30(50-40(61)63-41(4,5)6)37(59)46-22(3)34(56)48-24-12-15-27(29(55)17-24)36(58)44-16-8-9-28(38(60)62-7)49-35(57)23-10-13-26(14-11-23)53(20-54)19-25-18-45-33-31(47-25)32(42)51-39(43)52-33/h10-15,17-18,20-22,28,30,55H,8-9,16,19H2,1-7H3,(H,44,58)(H,46,59)(H,48,56)(H,49,57)(H,50,61)(H4,42,43,45,51,52)/t22-,28-,30-/m0/s1. The lowest BCUT2D eigenvalue weighted by Crippen LogP contribution is -2.54. The summed E-state index contributed by atoms with van der Waals surface area (Å²) in [6.07, 6.45) is 1.51. The zero-order chi connectivity index (χ0) is 46.6. The summed E-state index contributed by atoms with van der Waals surface area (Å²) in [5.41, 5.74) is 12.2. The van der Waals surface area contributed by atoms with Crippen molar-refractivity contribution in [3.05, 3.63) is 65.5 Å². The Labute approximate surface area is 362 Å². The number of aromatic nitrogens is 4. The van der Waals surface area contributed by atoms with E-state index in [4.69, 9.17) is 20.9 Å². The Bertz CT molecular complexity index is 2340. The van der Waals surface area contributed by atoms with Gasteiger partial charge in [0.1, 0.15) is 29.5 Å². The number of phenolic OH excluding ortho intramolecular Hbond substituents is 1. The third kappa shape index (κ3) is 13.7. The molecule has 0 radical (unpaired) electrons. The van der Waals surface area contributed by atoms with Crippen molar-refractivity contribution >= 4 is 76.4 Å². The van der Waals surface area contributed by atoms with Gasteiger partial charge in [-0.05, 0) is 82.9 Å². The number of carbonyl (C=O) groups is 7. The molecule has 0 saturated carbocycles. The number of amides is 6. The average molecular weight is 873 g/mol. The first-order chi connectivity index (χ1) is 29.7. The molecule has 0 fully saturated rings. The minimum Gasteiger partial charge on any atom is -0.507 e. The minimum absolute atomic E-state index is 0.00652. The Morgan fingerprint density at radius 3 is 2.22 bits per heavy atom. The van der Waals surface area contributed by atoms with E-state index >= 15 is 0 Å². The number of aromatic hydroxyl groups is 1. The van der Waals surface area contributed by atoms with Crippen molar-refractivity contribution < 1.29 is 48.1 Å². The Balaban J connectivity index is 1.27. The van der Waals surface area contributed by atoms with Crippen LogP contribution in [0.15, 0.2) is 48.7 Å². The molecule has 63 heavy (non-hydrogen) atoms. The van der Waals surface area contributed by atoms with Gasteiger partial charge in [0, 0.05) is 29.5 Å². The van der Waals surface area contributed by atoms with Crippen molar-refractivity contribution in [1.29, 1.82) is 0 Å². The largest absolute Gasteiger partial charge is 0.507 e. The highest BCUT2D eigenvalue weighted by molar-refractivity contribution is 6.01. The maximum Gasteiger partial charge on any atom is 0.408 e. The lowest BCUT2D eigenvalue weighted by molar-refractivity contribution is -0.143. The summed E-state index contributed by atoms with van der Waals surface area (Å²) in [7, 11) is 1.17. The van der Waals surface area contributed by atoms with Crippen molar-refractivity contribution in [2.45, 2.75) is 84.7 Å². The highest BCUT2D eigenvalue weighted by Gasteiger charge is 2.29. The first-order valence-electron chi connectivity index (χ1n) is 19.7. The average Bonchev–Trinajstić information content (AvgIpc) is 3.21. The second kappa shape index (κ2) is 21.2. The molecule has 2 aromatic carbocycles. The van der Waals surface area contributed by atoms with Gasteiger partial charge in [0.25, 0.3) is 11.8 Å². The second-order valence-corrected chi connectivity index (χ2v) is 15.5. The number of nitrogens with two attached hydrogens (primary N) is 2. The molecule has 0 aliphatic heterocycles. The van der Waals surface area contributed by atoms with Crippen LogP contribution in [-0.4, -0.2) is 105 Å². The monoisotopic (exact) mass is 872 g/mol. The first-order valence-corrected chi connectivity index (χ1v) is 19.7. The number of rotatable bonds is 18. The van der Waals surface area contributed by atoms with Crippen LogP contribution in [-0.2, 0) is 35.2 Å². The lowest BCUT2D eigenvalue weighted by Gasteiger charge is -2.26. The molecule has 2 heterocycles. The Kier molecular flexibility index (Phi) is 16.2. The van der Waals surface area contributed by atoms with Crippen LogP contribution in [0.5, 0.6) is 5.75 Å². The highest BCUT2D eigenvalue weighted by Crippen LogP contribution is 2.23. The molecule has 4 rings (SSSR count). The predicted octanol–water partition coefficient (Wildman–Crippen LogP) is 1.93. The van der Waals surface area contributed by atoms with Crippen LogP contribution in [0, 0.1) is 5.92 Å². The van der Waals surface area contributed by atoms with Gasteiger partial charge >= 0.3 is 12.1 Å². The molecule has 10 N–H and O–H groups in total. The van der Waals surface area contributed by atoms with Crippen LogP contribution in [0.25, 0.3) is 11.2 Å². The molecule has 0 unspecified atom stereocenters. The molecular formula is C41H52N12O10. The highest BCUT2D eigenvalue weighted by atomic mass is 16.6. The number of alkyl carbamates (subject to hydrolysis) is 1. The van der Waals surface area contributed by atoms with Gasteiger partial charge in [-0.2, -0.15) is 9.97 Å². The molecule has 6 amide bonds. The fourth-order valence-electron chi connectivity index (χ4n) is 5.85. The first kappa shape index (κ1) is 48.0. The summed E-state index contributed by atoms with van der Waals surface area (Å²) in [5.74, 6) is -4.00. The van der Waals surface area contributed by atoms with Crippen molar-refractivity contribution in [3.63, 3.8) is 0 Å². The molecule has 22 heteroatoms. The predicted molar refractivity (Wildman–Crippen MR) is 230 cm³/mol. The Hall–Kier alpha value is -7.65. The molecule has 4 aromatic rings. The van der Waals surface area contributed by atoms with E-state index in [1.54, 1.807) is 34.6 Å². The van der Waals surface area contributed by atoms with Gasteiger partial charge in [-0.25, -0.2) is 19.6 Å². The minimum atomic E-state index is -1.08. The molecule has 0 bridgehead atoms. The number of hydrogen-bond acceptors (Lipinski definition) is 16. The topological polar surface area (TPSA) is 325 Å². The zero-order valence-corrected chi connectivity index (χ0v) is 35.8. The fraction of sp³-hybridized carbons (Fsp3) is 0.390. The van der Waals surface area contributed by atoms with Crippen LogP contribution in [0.4, 0.5) is 27.9 Å². The van der Waals surface area contributed by atoms with Crippen molar-refractivity contribution in [3.8, 4) is 5.75 Å². The van der Waals surface area contributed by atoms with E-state index in [9.17, 15) is 38.7 Å². The molecule has 2 aromatic heterocycles. The number of carbonyl (C=O) groups excluding carboxylic acids is 7. The van der Waals surface area contributed by atoms with E-state index in [1.807, 2.05) is 0 Å². The summed E-state index contributed by atoms with van der Waals surface area (Å²) >= 11 is 0. The summed E-state index contributed by atoms with van der Waals surface area (Å²) in [6.45, 7) is 10.00. The maximum absolute atomic E-state index is 13.2. The third-order valence-electron chi connectivity index (χ3n) is 9.05. The summed E-state index contributed by atoms with van der Waals surface area (Å²) in [6, 6.07) is 6.73. The van der Waals surface area contributed by atoms with E-state index in [0.717, 1.165) is 6.07 Å². The number of anilines is 4. The van der Waals surface area contributed by atoms with Gasteiger partial charge in [0.05, 0.1) is 31.1 Å². The van der Waals surface area contributed by atoms with Crippen molar-refractivity contribution in [1.82, 2.24) is 41.2 Å². The zero-order valence-electron chi connectivity index (χ0n) is 35.8. The van der Waals surface area contributed by atoms with Crippen LogP contribution in [0.3, 0.4) is 0 Å². The van der Waals surface area contributed by atoms with E-state index in [1.165, 1.54) is 61.5 Å². The molecule has 0 spiro atoms. The van der Waals surface area contributed by atoms with Crippen molar-refractivity contribution in [2.75, 3.05) is 35.3 Å². The summed E-state index contributed by atoms with van der Waals surface area (Å²) in [4.78, 5) is 107. The van der Waals surface area contributed by atoms with Gasteiger partial charge in [-0.3, -0.25) is 24.0 Å². The normalized spacial score (nSPS) is 12.6. The molecule has 0 aliphatic carbocycles.